The molecule has 0 saturated carbocycles. The minimum absolute atomic E-state index is 0.121. The van der Waals surface area contributed by atoms with E-state index in [4.69, 9.17) is 0 Å². The molecule has 2 rings (SSSR count). The summed E-state index contributed by atoms with van der Waals surface area (Å²) in [5.74, 6) is 0.121. The molecule has 0 saturated heterocycles. The second kappa shape index (κ2) is 6.09. The number of nitrogens with one attached hydrogen (secondary N) is 1. The summed E-state index contributed by atoms with van der Waals surface area (Å²) in [6.07, 6.45) is 3.66. The first kappa shape index (κ1) is 14.6. The fraction of sp³-hybridized carbons (Fsp3) is 0.357. The molecule has 0 radical (unpaired) electrons. The van der Waals surface area contributed by atoms with Crippen LogP contribution in [0.2, 0.25) is 0 Å². The van der Waals surface area contributed by atoms with Gasteiger partial charge in [0.2, 0.25) is 0 Å². The van der Waals surface area contributed by atoms with Crippen molar-refractivity contribution < 1.29 is 8.42 Å². The Kier molecular flexibility index (Phi) is 4.44. The molecule has 1 aromatic carbocycles. The third kappa shape index (κ3) is 3.60. The summed E-state index contributed by atoms with van der Waals surface area (Å²) in [6, 6.07) is 8.95. The second-order valence-electron chi connectivity index (χ2n) is 4.70. The first-order valence-electron chi connectivity index (χ1n) is 6.58. The van der Waals surface area contributed by atoms with Gasteiger partial charge in [-0.3, -0.25) is 4.68 Å². The van der Waals surface area contributed by atoms with Gasteiger partial charge >= 0.3 is 0 Å². The number of aromatic nitrogens is 2. The Balaban J connectivity index is 2.00. The van der Waals surface area contributed by atoms with Crippen molar-refractivity contribution in [2.45, 2.75) is 31.3 Å². The molecule has 1 heterocycles. The van der Waals surface area contributed by atoms with Crippen LogP contribution in [0.5, 0.6) is 0 Å². The van der Waals surface area contributed by atoms with Crippen LogP contribution in [-0.4, -0.2) is 30.0 Å². The molecule has 0 aliphatic heterocycles. The van der Waals surface area contributed by atoms with Crippen molar-refractivity contribution in [2.75, 3.05) is 11.1 Å². The van der Waals surface area contributed by atoms with Crippen LogP contribution in [0.15, 0.2) is 47.6 Å². The zero-order valence-electron chi connectivity index (χ0n) is 11.7. The molecule has 0 amide bonds. The highest BCUT2D eigenvalue weighted by Crippen LogP contribution is 2.16. The summed E-state index contributed by atoms with van der Waals surface area (Å²) >= 11 is 0. The van der Waals surface area contributed by atoms with E-state index in [2.05, 4.69) is 17.3 Å². The van der Waals surface area contributed by atoms with E-state index in [0.717, 1.165) is 12.2 Å². The van der Waals surface area contributed by atoms with Gasteiger partial charge < -0.3 is 5.32 Å². The Labute approximate surface area is 119 Å². The number of hydrogen-bond donors (Lipinski definition) is 1. The van der Waals surface area contributed by atoms with Crippen molar-refractivity contribution >= 4 is 15.5 Å². The maximum atomic E-state index is 11.7. The number of rotatable bonds is 6. The Morgan fingerprint density at radius 1 is 1.30 bits per heavy atom. The predicted molar refractivity (Wildman–Crippen MR) is 79.5 cm³/mol. The molecule has 1 N–H and O–H groups in total. The lowest BCUT2D eigenvalue weighted by atomic mass is 10.2. The van der Waals surface area contributed by atoms with Crippen LogP contribution in [0.4, 0.5) is 5.69 Å². The standard InChI is InChI=1S/C14H19N3O2S/c1-3-20(18,19)14-7-5-13(6-8-14)16-12(2)11-17-10-4-9-15-17/h4-10,12,16H,3,11H2,1-2H3. The highest BCUT2D eigenvalue weighted by Gasteiger charge is 2.11. The summed E-state index contributed by atoms with van der Waals surface area (Å²) < 4.78 is 25.3. The van der Waals surface area contributed by atoms with Crippen molar-refractivity contribution in [1.82, 2.24) is 9.78 Å². The Morgan fingerprint density at radius 3 is 2.55 bits per heavy atom. The third-order valence-corrected chi connectivity index (χ3v) is 4.78. The average Bonchev–Trinajstić information content (AvgIpc) is 2.92. The molecule has 1 unspecified atom stereocenters. The lowest BCUT2D eigenvalue weighted by Gasteiger charge is -2.15. The van der Waals surface area contributed by atoms with Crippen molar-refractivity contribution in [3.05, 3.63) is 42.7 Å². The van der Waals surface area contributed by atoms with Gasteiger partial charge in [0.1, 0.15) is 0 Å². The molecule has 0 bridgehead atoms. The first-order valence-corrected chi connectivity index (χ1v) is 8.23. The molecule has 0 fully saturated rings. The van der Waals surface area contributed by atoms with Gasteiger partial charge in [-0.25, -0.2) is 8.42 Å². The van der Waals surface area contributed by atoms with Crippen LogP contribution in [0, 0.1) is 0 Å². The van der Waals surface area contributed by atoms with Gasteiger partial charge in [-0.05, 0) is 37.3 Å². The molecule has 0 aliphatic carbocycles. The van der Waals surface area contributed by atoms with E-state index >= 15 is 0 Å². The molecule has 108 valence electrons. The summed E-state index contributed by atoms with van der Waals surface area (Å²) in [7, 11) is -3.13. The minimum atomic E-state index is -3.13. The van der Waals surface area contributed by atoms with Crippen LogP contribution < -0.4 is 5.32 Å². The normalized spacial score (nSPS) is 13.1. The second-order valence-corrected chi connectivity index (χ2v) is 6.98. The maximum absolute atomic E-state index is 11.7. The lowest BCUT2D eigenvalue weighted by Crippen LogP contribution is -2.22. The molecule has 0 aliphatic rings. The fourth-order valence-corrected chi connectivity index (χ4v) is 2.83. The largest absolute Gasteiger partial charge is 0.381 e. The first-order chi connectivity index (χ1) is 9.51. The van der Waals surface area contributed by atoms with Crippen LogP contribution in [0.3, 0.4) is 0 Å². The van der Waals surface area contributed by atoms with Crippen molar-refractivity contribution in [3.8, 4) is 0 Å². The van der Waals surface area contributed by atoms with Gasteiger partial charge in [0.05, 0.1) is 17.2 Å². The van der Waals surface area contributed by atoms with E-state index in [-0.39, 0.29) is 11.8 Å². The molecule has 6 heteroatoms. The smallest absolute Gasteiger partial charge is 0.178 e. The number of nitrogens with zero attached hydrogens (tertiary/aromatic N) is 2. The quantitative estimate of drug-likeness (QED) is 0.886. The molecule has 0 spiro atoms. The van der Waals surface area contributed by atoms with Crippen LogP contribution in [0.1, 0.15) is 13.8 Å². The maximum Gasteiger partial charge on any atom is 0.178 e. The van der Waals surface area contributed by atoms with E-state index in [1.165, 1.54) is 0 Å². The van der Waals surface area contributed by atoms with E-state index in [1.807, 2.05) is 16.9 Å². The Bertz CT molecular complexity index is 634. The van der Waals surface area contributed by atoms with Crippen molar-refractivity contribution in [1.29, 1.82) is 0 Å². The van der Waals surface area contributed by atoms with Gasteiger partial charge in [-0.1, -0.05) is 6.92 Å². The monoisotopic (exact) mass is 293 g/mol. The summed E-state index contributed by atoms with van der Waals surface area (Å²) in [4.78, 5) is 0.366. The molecule has 1 atom stereocenters. The predicted octanol–water partition coefficient (Wildman–Crippen LogP) is 2.18. The number of sulfone groups is 1. The lowest BCUT2D eigenvalue weighted by molar-refractivity contribution is 0.561. The van der Waals surface area contributed by atoms with E-state index in [1.54, 1.807) is 37.4 Å². The van der Waals surface area contributed by atoms with Gasteiger partial charge in [0, 0.05) is 24.1 Å². The molecular formula is C14H19N3O2S. The minimum Gasteiger partial charge on any atom is -0.381 e. The summed E-state index contributed by atoms with van der Waals surface area (Å²) in [6.45, 7) is 4.45. The van der Waals surface area contributed by atoms with Gasteiger partial charge in [-0.2, -0.15) is 5.10 Å². The molecule has 2 aromatic rings. The Hall–Kier alpha value is -1.82. The van der Waals surface area contributed by atoms with Crippen LogP contribution in [-0.2, 0) is 16.4 Å². The topological polar surface area (TPSA) is 64.0 Å². The van der Waals surface area contributed by atoms with Crippen molar-refractivity contribution in [2.24, 2.45) is 0 Å². The number of benzene rings is 1. The highest BCUT2D eigenvalue weighted by molar-refractivity contribution is 7.91. The zero-order chi connectivity index (χ0) is 14.6. The summed E-state index contributed by atoms with van der Waals surface area (Å²) in [5, 5.41) is 7.47. The Morgan fingerprint density at radius 2 is 2.00 bits per heavy atom. The molecular weight excluding hydrogens is 274 g/mol. The fourth-order valence-electron chi connectivity index (χ4n) is 1.94. The zero-order valence-corrected chi connectivity index (χ0v) is 12.5. The molecule has 5 nitrogen and oxygen atoms in total. The molecule has 1 aromatic heterocycles. The van der Waals surface area contributed by atoms with Crippen molar-refractivity contribution in [3.63, 3.8) is 0 Å². The summed E-state index contributed by atoms with van der Waals surface area (Å²) in [5.41, 5.74) is 0.903. The van der Waals surface area contributed by atoms with Crippen LogP contribution in [0.25, 0.3) is 0 Å². The van der Waals surface area contributed by atoms with E-state index in [9.17, 15) is 8.42 Å². The SMILES string of the molecule is CCS(=O)(=O)c1ccc(NC(C)Cn2cccn2)cc1. The molecule has 20 heavy (non-hydrogen) atoms. The third-order valence-electron chi connectivity index (χ3n) is 3.03. The van der Waals surface area contributed by atoms with Gasteiger partial charge in [0.25, 0.3) is 0 Å². The highest BCUT2D eigenvalue weighted by atomic mass is 32.2. The van der Waals surface area contributed by atoms with E-state index in [0.29, 0.717) is 4.90 Å². The average molecular weight is 293 g/mol. The van der Waals surface area contributed by atoms with Gasteiger partial charge in [0.15, 0.2) is 9.84 Å². The van der Waals surface area contributed by atoms with Crippen LogP contribution >= 0.6 is 0 Å². The van der Waals surface area contributed by atoms with Gasteiger partial charge in [-0.15, -0.1) is 0 Å². The van der Waals surface area contributed by atoms with E-state index < -0.39 is 9.84 Å². The number of hydrogen-bond acceptors (Lipinski definition) is 4. The number of anilines is 1.